The van der Waals surface area contributed by atoms with E-state index >= 15 is 0 Å². The molecule has 8 heteroatoms. The van der Waals surface area contributed by atoms with Gasteiger partial charge in [-0.15, -0.1) is 0 Å². The standard InChI is InChI=1S/C27H28N4O4/c1-18-13-14-19(2)23(15-18)30-25(32)17-35-24-12-8-7-11-22(24)16-28-31-27(34)26(33)29-20(3)21-9-5-4-6-10-21/h4-16,20H,17H2,1-3H3,(H,29,33)(H,30,32)(H,31,34)/b28-16-/t20-/m1/s1. The molecule has 0 spiro atoms. The Bertz CT molecular complexity index is 1220. The molecular weight excluding hydrogens is 444 g/mol. The summed E-state index contributed by atoms with van der Waals surface area (Å²) in [5.41, 5.74) is 6.35. The summed E-state index contributed by atoms with van der Waals surface area (Å²) in [7, 11) is 0. The summed E-state index contributed by atoms with van der Waals surface area (Å²) in [6.45, 7) is 5.45. The molecule has 0 saturated heterocycles. The molecule has 0 bridgehead atoms. The van der Waals surface area contributed by atoms with Crippen LogP contribution in [0, 0.1) is 13.8 Å². The molecule has 1 atom stereocenters. The quantitative estimate of drug-likeness (QED) is 0.264. The maximum Gasteiger partial charge on any atom is 0.329 e. The molecule has 180 valence electrons. The van der Waals surface area contributed by atoms with Gasteiger partial charge >= 0.3 is 11.8 Å². The van der Waals surface area contributed by atoms with Crippen LogP contribution >= 0.6 is 0 Å². The minimum absolute atomic E-state index is 0.204. The smallest absolute Gasteiger partial charge is 0.329 e. The lowest BCUT2D eigenvalue weighted by Crippen LogP contribution is -2.39. The molecule has 0 aromatic heterocycles. The highest BCUT2D eigenvalue weighted by Crippen LogP contribution is 2.18. The van der Waals surface area contributed by atoms with Crippen LogP contribution in [0.25, 0.3) is 0 Å². The Morgan fingerprint density at radius 2 is 1.66 bits per heavy atom. The van der Waals surface area contributed by atoms with Crippen molar-refractivity contribution in [3.63, 3.8) is 0 Å². The molecule has 0 radical (unpaired) electrons. The maximum absolute atomic E-state index is 12.4. The highest BCUT2D eigenvalue weighted by atomic mass is 16.5. The Morgan fingerprint density at radius 3 is 2.43 bits per heavy atom. The van der Waals surface area contributed by atoms with Crippen molar-refractivity contribution in [2.45, 2.75) is 26.8 Å². The first-order chi connectivity index (χ1) is 16.8. The van der Waals surface area contributed by atoms with Gasteiger partial charge in [0, 0.05) is 11.3 Å². The van der Waals surface area contributed by atoms with Gasteiger partial charge in [0.2, 0.25) is 0 Å². The summed E-state index contributed by atoms with van der Waals surface area (Å²) >= 11 is 0. The maximum atomic E-state index is 12.4. The van der Waals surface area contributed by atoms with E-state index < -0.39 is 11.8 Å². The normalized spacial score (nSPS) is 11.5. The molecule has 0 heterocycles. The highest BCUT2D eigenvalue weighted by molar-refractivity contribution is 6.35. The number of benzene rings is 3. The lowest BCUT2D eigenvalue weighted by molar-refractivity contribution is -0.139. The van der Waals surface area contributed by atoms with Gasteiger partial charge < -0.3 is 15.4 Å². The molecule has 3 aromatic rings. The van der Waals surface area contributed by atoms with Gasteiger partial charge in [0.15, 0.2) is 6.61 Å². The molecule has 3 N–H and O–H groups in total. The topological polar surface area (TPSA) is 109 Å². The summed E-state index contributed by atoms with van der Waals surface area (Å²) in [6.07, 6.45) is 1.35. The van der Waals surface area contributed by atoms with Gasteiger partial charge in [-0.05, 0) is 55.7 Å². The third kappa shape index (κ3) is 7.53. The van der Waals surface area contributed by atoms with E-state index in [0.29, 0.717) is 11.3 Å². The van der Waals surface area contributed by atoms with Gasteiger partial charge in [-0.2, -0.15) is 5.10 Å². The van der Waals surface area contributed by atoms with E-state index in [4.69, 9.17) is 4.74 Å². The van der Waals surface area contributed by atoms with Crippen molar-refractivity contribution < 1.29 is 19.1 Å². The van der Waals surface area contributed by atoms with Crippen molar-refractivity contribution in [1.82, 2.24) is 10.7 Å². The lowest BCUT2D eigenvalue weighted by atomic mass is 10.1. The van der Waals surface area contributed by atoms with E-state index in [0.717, 1.165) is 22.4 Å². The van der Waals surface area contributed by atoms with Crippen LogP contribution in [0.4, 0.5) is 5.69 Å². The van der Waals surface area contributed by atoms with Crippen molar-refractivity contribution in [3.05, 3.63) is 95.1 Å². The summed E-state index contributed by atoms with van der Waals surface area (Å²) < 4.78 is 5.65. The molecule has 0 aliphatic heterocycles. The van der Waals surface area contributed by atoms with Gasteiger partial charge in [-0.25, -0.2) is 5.43 Å². The summed E-state index contributed by atoms with van der Waals surface area (Å²) in [6, 6.07) is 21.7. The first-order valence-electron chi connectivity index (χ1n) is 11.1. The first-order valence-corrected chi connectivity index (χ1v) is 11.1. The van der Waals surface area contributed by atoms with Gasteiger partial charge in [0.05, 0.1) is 12.3 Å². The predicted octanol–water partition coefficient (Wildman–Crippen LogP) is 3.65. The van der Waals surface area contributed by atoms with Crippen LogP contribution < -0.4 is 20.8 Å². The van der Waals surface area contributed by atoms with Gasteiger partial charge in [0.1, 0.15) is 5.75 Å². The van der Waals surface area contributed by atoms with Crippen molar-refractivity contribution in [2.75, 3.05) is 11.9 Å². The SMILES string of the molecule is Cc1ccc(C)c(NC(=O)COc2ccccc2/C=N\NC(=O)C(=O)N[C@H](C)c2ccccc2)c1. The summed E-state index contributed by atoms with van der Waals surface area (Å²) in [4.78, 5) is 36.6. The molecule has 8 nitrogen and oxygen atoms in total. The highest BCUT2D eigenvalue weighted by Gasteiger charge is 2.16. The molecule has 0 aliphatic carbocycles. The number of carbonyl (C=O) groups excluding carboxylic acids is 3. The van der Waals surface area contributed by atoms with Crippen LogP contribution in [-0.4, -0.2) is 30.5 Å². The first kappa shape index (κ1) is 25.2. The Labute approximate surface area is 204 Å². The number of aryl methyl sites for hydroxylation is 2. The number of hydrogen-bond acceptors (Lipinski definition) is 5. The average molecular weight is 473 g/mol. The van der Waals surface area contributed by atoms with E-state index in [2.05, 4.69) is 21.2 Å². The molecule has 0 fully saturated rings. The number of nitrogens with zero attached hydrogens (tertiary/aromatic N) is 1. The summed E-state index contributed by atoms with van der Waals surface area (Å²) in [5.74, 6) is -1.59. The fourth-order valence-electron chi connectivity index (χ4n) is 3.22. The van der Waals surface area contributed by atoms with E-state index in [1.165, 1.54) is 6.21 Å². The number of nitrogens with one attached hydrogen (secondary N) is 3. The Balaban J connectivity index is 1.53. The van der Waals surface area contributed by atoms with Crippen LogP contribution in [0.3, 0.4) is 0 Å². The number of para-hydroxylation sites is 1. The fraction of sp³-hybridized carbons (Fsp3) is 0.185. The van der Waals surface area contributed by atoms with E-state index in [1.807, 2.05) is 62.4 Å². The second-order valence-corrected chi connectivity index (χ2v) is 8.00. The Kier molecular flexibility index (Phi) is 8.72. The average Bonchev–Trinajstić information content (AvgIpc) is 2.86. The minimum atomic E-state index is -0.893. The zero-order valence-corrected chi connectivity index (χ0v) is 19.9. The molecule has 0 saturated carbocycles. The number of amides is 3. The molecule has 3 rings (SSSR count). The number of hydrazone groups is 1. The fourth-order valence-corrected chi connectivity index (χ4v) is 3.22. The molecular formula is C27H28N4O4. The van der Waals surface area contributed by atoms with Gasteiger partial charge in [0.25, 0.3) is 5.91 Å². The van der Waals surface area contributed by atoms with Crippen molar-refractivity contribution in [2.24, 2.45) is 5.10 Å². The van der Waals surface area contributed by atoms with E-state index in [1.54, 1.807) is 31.2 Å². The van der Waals surface area contributed by atoms with E-state index in [-0.39, 0.29) is 18.6 Å². The van der Waals surface area contributed by atoms with Crippen LogP contribution in [0.5, 0.6) is 5.75 Å². The molecule has 3 amide bonds. The molecule has 0 aliphatic rings. The second-order valence-electron chi connectivity index (χ2n) is 8.00. The lowest BCUT2D eigenvalue weighted by Gasteiger charge is -2.13. The molecule has 3 aromatic carbocycles. The molecule has 35 heavy (non-hydrogen) atoms. The van der Waals surface area contributed by atoms with Gasteiger partial charge in [-0.3, -0.25) is 14.4 Å². The van der Waals surface area contributed by atoms with Crippen molar-refractivity contribution in [3.8, 4) is 5.75 Å². The zero-order valence-electron chi connectivity index (χ0n) is 19.9. The third-order valence-corrected chi connectivity index (χ3v) is 5.17. The monoisotopic (exact) mass is 472 g/mol. The second kappa shape index (κ2) is 12.1. The van der Waals surface area contributed by atoms with Crippen LogP contribution in [0.15, 0.2) is 77.9 Å². The Morgan fingerprint density at radius 1 is 0.943 bits per heavy atom. The number of carbonyl (C=O) groups is 3. The third-order valence-electron chi connectivity index (χ3n) is 5.17. The number of anilines is 1. The van der Waals surface area contributed by atoms with Crippen molar-refractivity contribution in [1.29, 1.82) is 0 Å². The number of rotatable bonds is 8. The van der Waals surface area contributed by atoms with Gasteiger partial charge in [-0.1, -0.05) is 54.6 Å². The minimum Gasteiger partial charge on any atom is -0.483 e. The van der Waals surface area contributed by atoms with Crippen LogP contribution in [-0.2, 0) is 14.4 Å². The molecule has 0 unspecified atom stereocenters. The number of ether oxygens (including phenoxy) is 1. The van der Waals surface area contributed by atoms with Crippen LogP contribution in [0.2, 0.25) is 0 Å². The number of hydrogen-bond donors (Lipinski definition) is 3. The largest absolute Gasteiger partial charge is 0.483 e. The predicted molar refractivity (Wildman–Crippen MR) is 135 cm³/mol. The van der Waals surface area contributed by atoms with Crippen LogP contribution in [0.1, 0.15) is 35.2 Å². The zero-order chi connectivity index (χ0) is 25.2. The van der Waals surface area contributed by atoms with Crippen molar-refractivity contribution >= 4 is 29.6 Å². The Hall–Kier alpha value is -4.46. The summed E-state index contributed by atoms with van der Waals surface area (Å²) in [5, 5.41) is 9.32. The van der Waals surface area contributed by atoms with E-state index in [9.17, 15) is 14.4 Å².